The van der Waals surface area contributed by atoms with Crippen molar-refractivity contribution in [2.45, 2.75) is 146 Å². The molecule has 50 heavy (non-hydrogen) atoms. The van der Waals surface area contributed by atoms with Crippen LogP contribution < -0.4 is 21.2 Å². The standard InChI is InChI=1S/C48H68P2/c1-13-36-21-37(14-2)26-44(25-36)49(45-27-38(15-3)22-39(16-4)28-45)34(11)48(33(9)10)35(12)50(46-29-40(17-5)23-41(18-6)30-46)47-31-42(19-7)24-43(20-8)32-47/h21-35,48H,13-20H2,1-12H3. The lowest BCUT2D eigenvalue weighted by Gasteiger charge is -2.42. The molecule has 0 amide bonds. The van der Waals surface area contributed by atoms with Crippen molar-refractivity contribution in [2.24, 2.45) is 11.8 Å². The van der Waals surface area contributed by atoms with E-state index in [1.54, 1.807) is 21.2 Å². The Morgan fingerprint density at radius 2 is 0.500 bits per heavy atom. The van der Waals surface area contributed by atoms with E-state index in [2.05, 4.69) is 156 Å². The summed E-state index contributed by atoms with van der Waals surface area (Å²) in [5.74, 6) is 1.12. The Morgan fingerprint density at radius 1 is 0.320 bits per heavy atom. The van der Waals surface area contributed by atoms with Crippen LogP contribution in [0.3, 0.4) is 0 Å². The summed E-state index contributed by atoms with van der Waals surface area (Å²) in [4.78, 5) is 0. The quantitative estimate of drug-likeness (QED) is 0.0959. The lowest BCUT2D eigenvalue weighted by atomic mass is 9.90. The molecule has 0 aliphatic heterocycles. The van der Waals surface area contributed by atoms with E-state index in [9.17, 15) is 0 Å². The van der Waals surface area contributed by atoms with Crippen molar-refractivity contribution in [1.82, 2.24) is 0 Å². The minimum atomic E-state index is -0.593. The van der Waals surface area contributed by atoms with E-state index in [-0.39, 0.29) is 0 Å². The van der Waals surface area contributed by atoms with Gasteiger partial charge in [-0.2, -0.15) is 0 Å². The molecule has 0 saturated carbocycles. The van der Waals surface area contributed by atoms with Crippen LogP contribution in [0.4, 0.5) is 0 Å². The SMILES string of the molecule is CCc1cc(CC)cc(P(c2cc(CC)cc(CC)c2)C(C)C(C(C)C)C(C)P(c2cc(CC)cc(CC)c2)c2cc(CC)cc(CC)c2)c1. The fourth-order valence-corrected chi connectivity index (χ4v) is 15.2. The average molecular weight is 707 g/mol. The van der Waals surface area contributed by atoms with Gasteiger partial charge >= 0.3 is 0 Å². The number of hydrogen-bond donors (Lipinski definition) is 0. The average Bonchev–Trinajstić information content (AvgIpc) is 3.13. The van der Waals surface area contributed by atoms with Crippen LogP contribution in [0.2, 0.25) is 0 Å². The molecule has 2 atom stereocenters. The van der Waals surface area contributed by atoms with Crippen LogP contribution in [-0.4, -0.2) is 11.3 Å². The van der Waals surface area contributed by atoms with Crippen LogP contribution in [0.15, 0.2) is 72.8 Å². The highest BCUT2D eigenvalue weighted by atomic mass is 31.1. The molecule has 0 saturated heterocycles. The molecule has 4 rings (SSSR count). The molecule has 0 aliphatic rings. The van der Waals surface area contributed by atoms with Crippen molar-refractivity contribution >= 4 is 37.1 Å². The smallest absolute Gasteiger partial charge is 0.0120 e. The summed E-state index contributed by atoms with van der Waals surface area (Å²) in [6.07, 6.45) is 8.70. The van der Waals surface area contributed by atoms with Gasteiger partial charge in [-0.1, -0.05) is 156 Å². The van der Waals surface area contributed by atoms with Gasteiger partial charge in [-0.3, -0.25) is 0 Å². The summed E-state index contributed by atoms with van der Waals surface area (Å²) in [7, 11) is -1.19. The minimum Gasteiger partial charge on any atom is -0.0625 e. The Morgan fingerprint density at radius 3 is 0.640 bits per heavy atom. The van der Waals surface area contributed by atoms with Crippen molar-refractivity contribution in [3.05, 3.63) is 117 Å². The normalized spacial score (nSPS) is 13.7. The zero-order valence-corrected chi connectivity index (χ0v) is 35.6. The van der Waals surface area contributed by atoms with E-state index in [1.165, 1.54) is 44.5 Å². The van der Waals surface area contributed by atoms with Gasteiger partial charge in [0.25, 0.3) is 0 Å². The van der Waals surface area contributed by atoms with E-state index in [1.807, 2.05) is 0 Å². The first-order valence-corrected chi connectivity index (χ1v) is 23.0. The molecule has 0 nitrogen and oxygen atoms in total. The van der Waals surface area contributed by atoms with Crippen LogP contribution in [0.25, 0.3) is 0 Å². The van der Waals surface area contributed by atoms with Gasteiger partial charge in [-0.25, -0.2) is 0 Å². The zero-order valence-electron chi connectivity index (χ0n) is 33.8. The lowest BCUT2D eigenvalue weighted by molar-refractivity contribution is 0.376. The van der Waals surface area contributed by atoms with Gasteiger partial charge in [0.2, 0.25) is 0 Å². The van der Waals surface area contributed by atoms with Crippen LogP contribution in [-0.2, 0) is 51.4 Å². The fourth-order valence-electron chi connectivity index (χ4n) is 8.26. The summed E-state index contributed by atoms with van der Waals surface area (Å²) in [6, 6.07) is 30.6. The summed E-state index contributed by atoms with van der Waals surface area (Å²) in [6.45, 7) is 29.0. The predicted molar refractivity (Wildman–Crippen MR) is 230 cm³/mol. The highest BCUT2D eigenvalue weighted by molar-refractivity contribution is 7.74. The summed E-state index contributed by atoms with van der Waals surface area (Å²) >= 11 is 0. The Hall–Kier alpha value is -2.26. The molecule has 0 N–H and O–H groups in total. The van der Waals surface area contributed by atoms with Crippen molar-refractivity contribution in [3.8, 4) is 0 Å². The molecule has 2 heteroatoms. The van der Waals surface area contributed by atoms with E-state index in [0.29, 0.717) is 23.2 Å². The van der Waals surface area contributed by atoms with Crippen molar-refractivity contribution in [2.75, 3.05) is 0 Å². The molecule has 0 radical (unpaired) electrons. The molecule has 0 heterocycles. The lowest BCUT2D eigenvalue weighted by Crippen LogP contribution is -2.38. The van der Waals surface area contributed by atoms with Gasteiger partial charge in [0, 0.05) is 0 Å². The molecule has 0 bridgehead atoms. The fraction of sp³-hybridized carbons (Fsp3) is 0.500. The Kier molecular flexibility index (Phi) is 15.4. The third kappa shape index (κ3) is 9.58. The summed E-state index contributed by atoms with van der Waals surface area (Å²) in [5, 5.41) is 6.35. The highest BCUT2D eigenvalue weighted by Crippen LogP contribution is 2.53. The first-order valence-electron chi connectivity index (χ1n) is 20.1. The van der Waals surface area contributed by atoms with Crippen LogP contribution in [0.1, 0.15) is 128 Å². The van der Waals surface area contributed by atoms with Gasteiger partial charge in [0.05, 0.1) is 0 Å². The van der Waals surface area contributed by atoms with Crippen molar-refractivity contribution < 1.29 is 0 Å². The number of aryl methyl sites for hydroxylation is 8. The maximum atomic E-state index is 2.65. The van der Waals surface area contributed by atoms with Crippen molar-refractivity contribution in [1.29, 1.82) is 0 Å². The third-order valence-electron chi connectivity index (χ3n) is 11.2. The number of benzene rings is 4. The molecule has 4 aromatic rings. The van der Waals surface area contributed by atoms with E-state index < -0.39 is 15.8 Å². The van der Waals surface area contributed by atoms with Gasteiger partial charge in [-0.05, 0) is 156 Å². The molecule has 0 spiro atoms. The molecule has 0 fully saturated rings. The summed E-state index contributed by atoms with van der Waals surface area (Å²) < 4.78 is 0. The molecule has 270 valence electrons. The number of hydrogen-bond acceptors (Lipinski definition) is 0. The van der Waals surface area contributed by atoms with E-state index in [4.69, 9.17) is 0 Å². The maximum Gasteiger partial charge on any atom is -0.0120 e. The zero-order chi connectivity index (χ0) is 36.5. The highest BCUT2D eigenvalue weighted by Gasteiger charge is 2.38. The van der Waals surface area contributed by atoms with E-state index >= 15 is 0 Å². The second kappa shape index (κ2) is 19.0. The maximum absolute atomic E-state index is 2.65. The first kappa shape index (κ1) is 40.5. The topological polar surface area (TPSA) is 0 Å². The van der Waals surface area contributed by atoms with Crippen LogP contribution in [0.5, 0.6) is 0 Å². The Balaban J connectivity index is 2.00. The van der Waals surface area contributed by atoms with Gasteiger partial charge in [0.1, 0.15) is 0 Å². The largest absolute Gasteiger partial charge is 0.0625 e. The van der Waals surface area contributed by atoms with Gasteiger partial charge in [0.15, 0.2) is 0 Å². The minimum absolute atomic E-state index is 0.527. The predicted octanol–water partition coefficient (Wildman–Crippen LogP) is 11.8. The second-order valence-corrected chi connectivity index (χ2v) is 20.1. The first-order chi connectivity index (χ1) is 24.0. The molecular formula is C48H68P2. The number of rotatable bonds is 17. The van der Waals surface area contributed by atoms with Crippen molar-refractivity contribution in [3.63, 3.8) is 0 Å². The molecule has 0 aromatic heterocycles. The second-order valence-electron chi connectivity index (χ2n) is 14.9. The molecule has 0 aliphatic carbocycles. The van der Waals surface area contributed by atoms with Gasteiger partial charge < -0.3 is 0 Å². The Bertz CT molecular complexity index is 1360. The summed E-state index contributed by atoms with van der Waals surface area (Å²) in [5.41, 5.74) is 13.0. The molecule has 2 unspecified atom stereocenters. The monoisotopic (exact) mass is 706 g/mol. The third-order valence-corrected chi connectivity index (χ3v) is 16.8. The van der Waals surface area contributed by atoms with Crippen LogP contribution >= 0.6 is 15.8 Å². The van der Waals surface area contributed by atoms with E-state index in [0.717, 1.165) is 51.4 Å². The molecular weight excluding hydrogens is 638 g/mol. The van der Waals surface area contributed by atoms with Crippen LogP contribution in [0, 0.1) is 11.8 Å². The van der Waals surface area contributed by atoms with Gasteiger partial charge in [-0.15, -0.1) is 0 Å². The Labute approximate surface area is 310 Å². The molecule has 4 aromatic carbocycles.